The van der Waals surface area contributed by atoms with Crippen LogP contribution in [0, 0.1) is 5.41 Å². The third-order valence-corrected chi connectivity index (χ3v) is 2.70. The van der Waals surface area contributed by atoms with Gasteiger partial charge < -0.3 is 11.1 Å². The van der Waals surface area contributed by atoms with Crippen molar-refractivity contribution >= 4 is 17.4 Å². The maximum Gasteiger partial charge on any atom is 0.230 e. The summed E-state index contributed by atoms with van der Waals surface area (Å²) in [5.74, 6) is 0.592. The zero-order valence-electron chi connectivity index (χ0n) is 11.3. The van der Waals surface area contributed by atoms with Gasteiger partial charge in [0, 0.05) is 17.2 Å². The first-order valence-corrected chi connectivity index (χ1v) is 6.09. The number of aromatic nitrogens is 2. The van der Waals surface area contributed by atoms with Crippen molar-refractivity contribution in [1.29, 1.82) is 0 Å². The summed E-state index contributed by atoms with van der Waals surface area (Å²) in [4.78, 5) is 12.0. The Balaban J connectivity index is 2.28. The van der Waals surface area contributed by atoms with Gasteiger partial charge >= 0.3 is 0 Å². The van der Waals surface area contributed by atoms with Gasteiger partial charge in [-0.2, -0.15) is 5.10 Å². The molecule has 3 N–H and O–H groups in total. The highest BCUT2D eigenvalue weighted by Crippen LogP contribution is 2.20. The molecule has 5 heteroatoms. The quantitative estimate of drug-likeness (QED) is 0.812. The minimum Gasteiger partial charge on any atom is -0.399 e. The molecular formula is C14H18N4O. The fourth-order valence-electron chi connectivity index (χ4n) is 1.52. The Bertz CT molecular complexity index is 578. The monoisotopic (exact) mass is 258 g/mol. The minimum absolute atomic E-state index is 0.0512. The van der Waals surface area contributed by atoms with Gasteiger partial charge in [0.25, 0.3) is 0 Å². The van der Waals surface area contributed by atoms with Gasteiger partial charge in [0.1, 0.15) is 5.82 Å². The van der Waals surface area contributed by atoms with Crippen LogP contribution in [-0.2, 0) is 4.79 Å². The van der Waals surface area contributed by atoms with Crippen molar-refractivity contribution in [3.05, 3.63) is 36.5 Å². The predicted molar refractivity (Wildman–Crippen MR) is 76.1 cm³/mol. The summed E-state index contributed by atoms with van der Waals surface area (Å²) in [5, 5.41) is 7.09. The fourth-order valence-corrected chi connectivity index (χ4v) is 1.52. The van der Waals surface area contributed by atoms with E-state index in [1.54, 1.807) is 29.1 Å². The number of hydrogen-bond donors (Lipinski definition) is 2. The van der Waals surface area contributed by atoms with Crippen molar-refractivity contribution in [3.8, 4) is 5.69 Å². The number of carbonyl (C=O) groups excluding carboxylic acids is 1. The first kappa shape index (κ1) is 13.1. The molecule has 0 saturated carbocycles. The second-order valence-electron chi connectivity index (χ2n) is 5.42. The first-order valence-electron chi connectivity index (χ1n) is 6.09. The standard InChI is InChI=1S/C14H18N4O/c1-14(2,3)13(19)17-12-8-9-16-18(12)11-6-4-10(15)5-7-11/h4-9H,15H2,1-3H3,(H,17,19). The van der Waals surface area contributed by atoms with Crippen LogP contribution in [0.4, 0.5) is 11.5 Å². The number of hydrogen-bond acceptors (Lipinski definition) is 3. The molecule has 0 fully saturated rings. The maximum absolute atomic E-state index is 12.0. The molecule has 2 aromatic rings. The number of nitrogen functional groups attached to an aromatic ring is 1. The van der Waals surface area contributed by atoms with E-state index >= 15 is 0 Å². The average Bonchev–Trinajstić information content (AvgIpc) is 2.77. The smallest absolute Gasteiger partial charge is 0.230 e. The van der Waals surface area contributed by atoms with E-state index in [-0.39, 0.29) is 5.91 Å². The maximum atomic E-state index is 12.0. The van der Waals surface area contributed by atoms with E-state index in [0.717, 1.165) is 5.69 Å². The second kappa shape index (κ2) is 4.76. The van der Waals surface area contributed by atoms with E-state index in [4.69, 9.17) is 5.73 Å². The molecule has 100 valence electrons. The molecule has 0 aliphatic rings. The van der Waals surface area contributed by atoms with Crippen molar-refractivity contribution in [2.24, 2.45) is 5.41 Å². The lowest BCUT2D eigenvalue weighted by atomic mass is 9.96. The highest BCUT2D eigenvalue weighted by atomic mass is 16.2. The van der Waals surface area contributed by atoms with Crippen LogP contribution in [-0.4, -0.2) is 15.7 Å². The summed E-state index contributed by atoms with van der Waals surface area (Å²) in [5.41, 5.74) is 6.75. The number of rotatable bonds is 2. The van der Waals surface area contributed by atoms with Gasteiger partial charge in [-0.15, -0.1) is 0 Å². The molecule has 19 heavy (non-hydrogen) atoms. The van der Waals surface area contributed by atoms with Crippen molar-refractivity contribution in [2.75, 3.05) is 11.1 Å². The van der Waals surface area contributed by atoms with Crippen LogP contribution in [0.25, 0.3) is 5.69 Å². The Hall–Kier alpha value is -2.30. The van der Waals surface area contributed by atoms with E-state index in [1.165, 1.54) is 0 Å². The molecule has 0 radical (unpaired) electrons. The molecule has 5 nitrogen and oxygen atoms in total. The number of amides is 1. The van der Waals surface area contributed by atoms with Gasteiger partial charge in [-0.3, -0.25) is 4.79 Å². The molecule has 1 amide bonds. The molecule has 0 unspecified atom stereocenters. The number of nitrogens with two attached hydrogens (primary N) is 1. The average molecular weight is 258 g/mol. The highest BCUT2D eigenvalue weighted by Gasteiger charge is 2.22. The molecule has 2 rings (SSSR count). The van der Waals surface area contributed by atoms with Crippen molar-refractivity contribution < 1.29 is 4.79 Å². The number of anilines is 2. The molecule has 1 aromatic carbocycles. The van der Waals surface area contributed by atoms with E-state index in [2.05, 4.69) is 10.4 Å². The zero-order valence-corrected chi connectivity index (χ0v) is 11.3. The SMILES string of the molecule is CC(C)(C)C(=O)Nc1ccnn1-c1ccc(N)cc1. The molecule has 0 atom stereocenters. The van der Waals surface area contributed by atoms with Crippen LogP contribution < -0.4 is 11.1 Å². The van der Waals surface area contributed by atoms with Crippen LogP contribution in [0.5, 0.6) is 0 Å². The summed E-state index contributed by atoms with van der Waals surface area (Å²) in [6, 6.07) is 9.07. The van der Waals surface area contributed by atoms with Crippen LogP contribution >= 0.6 is 0 Å². The normalized spacial score (nSPS) is 11.3. The summed E-state index contributed by atoms with van der Waals surface area (Å²) in [6.07, 6.45) is 1.65. The second-order valence-corrected chi connectivity index (χ2v) is 5.42. The van der Waals surface area contributed by atoms with Gasteiger partial charge in [0.2, 0.25) is 5.91 Å². The van der Waals surface area contributed by atoms with Crippen molar-refractivity contribution in [2.45, 2.75) is 20.8 Å². The van der Waals surface area contributed by atoms with Gasteiger partial charge in [-0.05, 0) is 24.3 Å². The Labute approximate surface area is 112 Å². The lowest BCUT2D eigenvalue weighted by Crippen LogP contribution is -2.28. The molecule has 1 aromatic heterocycles. The van der Waals surface area contributed by atoms with Crippen LogP contribution in [0.2, 0.25) is 0 Å². The summed E-state index contributed by atoms with van der Waals surface area (Å²) in [6.45, 7) is 5.60. The van der Waals surface area contributed by atoms with Crippen molar-refractivity contribution in [3.63, 3.8) is 0 Å². The highest BCUT2D eigenvalue weighted by molar-refractivity contribution is 5.94. The van der Waals surface area contributed by atoms with Gasteiger partial charge in [-0.1, -0.05) is 20.8 Å². The van der Waals surface area contributed by atoms with E-state index in [0.29, 0.717) is 11.5 Å². The van der Waals surface area contributed by atoms with Crippen molar-refractivity contribution in [1.82, 2.24) is 9.78 Å². The number of nitrogens with one attached hydrogen (secondary N) is 1. The third kappa shape index (κ3) is 2.93. The van der Waals surface area contributed by atoms with Gasteiger partial charge in [0.05, 0.1) is 11.9 Å². The van der Waals surface area contributed by atoms with E-state index in [1.807, 2.05) is 32.9 Å². The molecule has 0 bridgehead atoms. The predicted octanol–water partition coefficient (Wildman–Crippen LogP) is 2.44. The fraction of sp³-hybridized carbons (Fsp3) is 0.286. The molecule has 1 heterocycles. The summed E-state index contributed by atoms with van der Waals surface area (Å²) >= 11 is 0. The molecular weight excluding hydrogens is 240 g/mol. The lowest BCUT2D eigenvalue weighted by Gasteiger charge is -2.18. The van der Waals surface area contributed by atoms with E-state index < -0.39 is 5.41 Å². The van der Waals surface area contributed by atoms with Crippen LogP contribution in [0.3, 0.4) is 0 Å². The molecule has 0 aliphatic carbocycles. The summed E-state index contributed by atoms with van der Waals surface area (Å²) < 4.78 is 1.67. The largest absolute Gasteiger partial charge is 0.399 e. The molecule has 0 aliphatic heterocycles. The zero-order chi connectivity index (χ0) is 14.0. The first-order chi connectivity index (χ1) is 8.88. The number of nitrogens with zero attached hydrogens (tertiary/aromatic N) is 2. The third-order valence-electron chi connectivity index (χ3n) is 2.70. The summed E-state index contributed by atoms with van der Waals surface area (Å²) in [7, 11) is 0. The van der Waals surface area contributed by atoms with Gasteiger partial charge in [0.15, 0.2) is 0 Å². The Morgan fingerprint density at radius 3 is 2.42 bits per heavy atom. The molecule has 0 saturated heterocycles. The number of carbonyl (C=O) groups is 1. The van der Waals surface area contributed by atoms with Crippen LogP contribution in [0.1, 0.15) is 20.8 Å². The van der Waals surface area contributed by atoms with Gasteiger partial charge in [-0.25, -0.2) is 4.68 Å². The Morgan fingerprint density at radius 2 is 1.84 bits per heavy atom. The lowest BCUT2D eigenvalue weighted by molar-refractivity contribution is -0.123. The minimum atomic E-state index is -0.448. The van der Waals surface area contributed by atoms with E-state index in [9.17, 15) is 4.79 Å². The Kier molecular flexibility index (Phi) is 3.29. The molecule has 0 spiro atoms. The number of benzene rings is 1. The van der Waals surface area contributed by atoms with Crippen LogP contribution in [0.15, 0.2) is 36.5 Å². The topological polar surface area (TPSA) is 72.9 Å². The Morgan fingerprint density at radius 1 is 1.21 bits per heavy atom.